The lowest BCUT2D eigenvalue weighted by atomic mass is 10.2. The maximum Gasteiger partial charge on any atom is 0.410 e. The van der Waals surface area contributed by atoms with Crippen molar-refractivity contribution in [3.63, 3.8) is 0 Å². The fraction of sp³-hybridized carbons (Fsp3) is 0.548. The van der Waals surface area contributed by atoms with Gasteiger partial charge in [-0.2, -0.15) is 0 Å². The van der Waals surface area contributed by atoms with Crippen LogP contribution >= 0.6 is 22.7 Å². The molecule has 5 heterocycles. The van der Waals surface area contributed by atoms with Crippen molar-refractivity contribution in [3.8, 4) is 21.1 Å². The summed E-state index contributed by atoms with van der Waals surface area (Å²) < 4.78 is 12.9. The van der Waals surface area contributed by atoms with Gasteiger partial charge in [0.15, 0.2) is 0 Å². The van der Waals surface area contributed by atoms with Gasteiger partial charge < -0.3 is 29.2 Å². The average molecular weight is 629 g/mol. The molecule has 0 bridgehead atoms. The fourth-order valence-electron chi connectivity index (χ4n) is 4.52. The van der Waals surface area contributed by atoms with Gasteiger partial charge in [0.1, 0.15) is 17.2 Å². The minimum Gasteiger partial charge on any atom is -0.444 e. The molecule has 1 fully saturated rings. The number of carbonyl (C=O) groups excluding carboxylic acids is 2. The zero-order valence-electron chi connectivity index (χ0n) is 26.4. The summed E-state index contributed by atoms with van der Waals surface area (Å²) in [5.41, 5.74) is 1.41. The molecular formula is C31H44N6O4S2. The second-order valence-corrected chi connectivity index (χ2v) is 14.8. The van der Waals surface area contributed by atoms with Gasteiger partial charge in [-0.15, -0.1) is 22.7 Å². The summed E-state index contributed by atoms with van der Waals surface area (Å²) in [6.45, 7) is 15.5. The standard InChI is InChI=1S/C26H32N6O3S2.C5H12O/c1-5-8-31(25(34)35-26(2,3)4)14-23-27-12-16(29-23)19-10-21-22(36-19)11-20(37-21)17-13-28-24(30-17)18-7-6-9-32(18)15-33;1-5(2,3)6-4/h10-13,15,18H,5-9,14H2,1-4H3,(H,27,29)(H,28,30);1-4H3. The number of ether oxygens (including phenoxy) is 2. The van der Waals surface area contributed by atoms with Crippen LogP contribution in [0.15, 0.2) is 24.5 Å². The number of H-pyrrole nitrogens is 2. The molecule has 234 valence electrons. The van der Waals surface area contributed by atoms with Crippen molar-refractivity contribution >= 4 is 44.6 Å². The van der Waals surface area contributed by atoms with E-state index in [9.17, 15) is 9.59 Å². The zero-order valence-corrected chi connectivity index (χ0v) is 28.1. The van der Waals surface area contributed by atoms with E-state index in [1.807, 2.05) is 65.8 Å². The Balaban J connectivity index is 0.000000641. The van der Waals surface area contributed by atoms with Crippen molar-refractivity contribution in [1.82, 2.24) is 29.7 Å². The third-order valence-corrected chi connectivity index (χ3v) is 9.17. The minimum absolute atomic E-state index is 0.0390. The van der Waals surface area contributed by atoms with E-state index in [1.165, 1.54) is 9.40 Å². The SMILES string of the molecule is CCCN(Cc1ncc(-c2cc3sc(-c4cnc(C5CCCN5C=O)[nH]4)cc3s2)[nH]1)C(=O)OC(C)(C)C.COC(C)(C)C. The Morgan fingerprint density at radius 1 is 1.05 bits per heavy atom. The van der Waals surface area contributed by atoms with Gasteiger partial charge in [-0.05, 0) is 72.9 Å². The molecule has 4 aromatic heterocycles. The number of amides is 2. The molecule has 5 rings (SSSR count). The van der Waals surface area contributed by atoms with Gasteiger partial charge >= 0.3 is 6.09 Å². The van der Waals surface area contributed by atoms with Crippen LogP contribution in [0, 0.1) is 0 Å². The van der Waals surface area contributed by atoms with Crippen LogP contribution in [0.3, 0.4) is 0 Å². The van der Waals surface area contributed by atoms with Gasteiger partial charge in [0, 0.05) is 29.6 Å². The second-order valence-electron chi connectivity index (χ2n) is 12.6. The molecule has 0 spiro atoms. The molecule has 0 radical (unpaired) electrons. The van der Waals surface area contributed by atoms with E-state index >= 15 is 0 Å². The lowest BCUT2D eigenvalue weighted by Gasteiger charge is -2.26. The normalized spacial score (nSPS) is 15.4. The van der Waals surface area contributed by atoms with Gasteiger partial charge in [0.05, 0.1) is 51.7 Å². The molecule has 1 atom stereocenters. The van der Waals surface area contributed by atoms with Crippen LogP contribution in [0.5, 0.6) is 0 Å². The first-order valence-electron chi connectivity index (χ1n) is 14.7. The van der Waals surface area contributed by atoms with Crippen LogP contribution in [0.25, 0.3) is 30.5 Å². The third kappa shape index (κ3) is 8.67. The molecule has 0 saturated carbocycles. The maximum absolute atomic E-state index is 12.6. The van der Waals surface area contributed by atoms with E-state index < -0.39 is 5.60 Å². The number of hydrogen-bond donors (Lipinski definition) is 2. The van der Waals surface area contributed by atoms with E-state index in [2.05, 4.69) is 32.1 Å². The monoisotopic (exact) mass is 628 g/mol. The minimum atomic E-state index is -0.539. The number of hydrogen-bond acceptors (Lipinski definition) is 8. The maximum atomic E-state index is 12.6. The number of likely N-dealkylation sites (tertiary alicyclic amines) is 1. The number of carbonyl (C=O) groups is 2. The highest BCUT2D eigenvalue weighted by Gasteiger charge is 2.27. The molecule has 4 aromatic rings. The number of methoxy groups -OCH3 is 1. The second kappa shape index (κ2) is 13.6. The smallest absolute Gasteiger partial charge is 0.410 e. The largest absolute Gasteiger partial charge is 0.444 e. The number of nitrogens with one attached hydrogen (secondary N) is 2. The van der Waals surface area contributed by atoms with Crippen LogP contribution < -0.4 is 0 Å². The van der Waals surface area contributed by atoms with Crippen LogP contribution in [0.4, 0.5) is 4.79 Å². The van der Waals surface area contributed by atoms with Crippen molar-refractivity contribution in [2.75, 3.05) is 20.2 Å². The molecule has 1 aliphatic rings. The molecule has 2 N–H and O–H groups in total. The van der Waals surface area contributed by atoms with Crippen molar-refractivity contribution in [1.29, 1.82) is 0 Å². The summed E-state index contributed by atoms with van der Waals surface area (Å²) >= 11 is 3.42. The Kier molecular flexibility index (Phi) is 10.3. The van der Waals surface area contributed by atoms with E-state index in [-0.39, 0.29) is 17.7 Å². The summed E-state index contributed by atoms with van der Waals surface area (Å²) in [6, 6.07) is 4.39. The van der Waals surface area contributed by atoms with Gasteiger partial charge in [0.25, 0.3) is 0 Å². The van der Waals surface area contributed by atoms with Gasteiger partial charge in [-0.1, -0.05) is 6.92 Å². The Morgan fingerprint density at radius 2 is 1.65 bits per heavy atom. The first-order chi connectivity index (χ1) is 20.3. The van der Waals surface area contributed by atoms with Crippen LogP contribution in [0.2, 0.25) is 0 Å². The number of imidazole rings is 2. The van der Waals surface area contributed by atoms with Crippen molar-refractivity contribution in [2.24, 2.45) is 0 Å². The molecule has 1 unspecified atom stereocenters. The van der Waals surface area contributed by atoms with E-state index in [1.54, 1.807) is 34.7 Å². The molecule has 43 heavy (non-hydrogen) atoms. The Hall–Kier alpha value is -3.22. The summed E-state index contributed by atoms with van der Waals surface area (Å²) in [6.07, 6.45) is 7.06. The molecule has 0 aromatic carbocycles. The third-order valence-electron chi connectivity index (χ3n) is 6.81. The van der Waals surface area contributed by atoms with E-state index in [0.717, 1.165) is 65.0 Å². The molecule has 10 nitrogen and oxygen atoms in total. The molecule has 2 amide bonds. The highest BCUT2D eigenvalue weighted by atomic mass is 32.1. The highest BCUT2D eigenvalue weighted by Crippen LogP contribution is 2.41. The predicted molar refractivity (Wildman–Crippen MR) is 173 cm³/mol. The summed E-state index contributed by atoms with van der Waals surface area (Å²) in [7, 11) is 1.71. The lowest BCUT2D eigenvalue weighted by molar-refractivity contribution is -0.119. The van der Waals surface area contributed by atoms with Crippen molar-refractivity contribution < 1.29 is 19.1 Å². The van der Waals surface area contributed by atoms with Crippen LogP contribution in [0.1, 0.15) is 85.4 Å². The van der Waals surface area contributed by atoms with Gasteiger partial charge in [-0.25, -0.2) is 14.8 Å². The van der Waals surface area contributed by atoms with Gasteiger partial charge in [-0.3, -0.25) is 4.79 Å². The lowest BCUT2D eigenvalue weighted by Crippen LogP contribution is -2.37. The van der Waals surface area contributed by atoms with Crippen LogP contribution in [-0.2, 0) is 20.8 Å². The fourth-order valence-corrected chi connectivity index (χ4v) is 6.85. The quantitative estimate of drug-likeness (QED) is 0.194. The number of thiophene rings is 2. The number of nitrogens with zero attached hydrogens (tertiary/aromatic N) is 4. The van der Waals surface area contributed by atoms with Crippen molar-refractivity contribution in [3.05, 3.63) is 36.2 Å². The first-order valence-corrected chi connectivity index (χ1v) is 16.3. The molecule has 1 saturated heterocycles. The molecule has 1 aliphatic heterocycles. The van der Waals surface area contributed by atoms with Crippen molar-refractivity contribution in [2.45, 2.75) is 91.5 Å². The molecule has 12 heteroatoms. The average Bonchev–Trinajstić information content (AvgIpc) is 3.73. The summed E-state index contributed by atoms with van der Waals surface area (Å²) in [5, 5.41) is 0. The number of fused-ring (bicyclic) bond motifs is 1. The summed E-state index contributed by atoms with van der Waals surface area (Å²) in [4.78, 5) is 45.6. The highest BCUT2D eigenvalue weighted by molar-refractivity contribution is 7.31. The topological polar surface area (TPSA) is 116 Å². The molecular weight excluding hydrogens is 585 g/mol. The van der Waals surface area contributed by atoms with Crippen LogP contribution in [-0.4, -0.2) is 73.6 Å². The number of aromatic nitrogens is 4. The van der Waals surface area contributed by atoms with E-state index in [4.69, 9.17) is 9.47 Å². The number of aromatic amines is 2. The van der Waals surface area contributed by atoms with E-state index in [0.29, 0.717) is 13.1 Å². The zero-order chi connectivity index (χ0) is 31.4. The number of rotatable bonds is 8. The summed E-state index contributed by atoms with van der Waals surface area (Å²) in [5.74, 6) is 1.58. The Morgan fingerprint density at radius 3 is 2.21 bits per heavy atom. The molecule has 0 aliphatic carbocycles. The van der Waals surface area contributed by atoms with Gasteiger partial charge in [0.2, 0.25) is 6.41 Å². The predicted octanol–water partition coefficient (Wildman–Crippen LogP) is 7.61. The Bertz CT molecular complexity index is 1470. The first kappa shape index (κ1) is 32.7. The Labute approximate surface area is 261 Å².